The molecule has 0 bridgehead atoms. The quantitative estimate of drug-likeness (QED) is 0.0537. The zero-order valence-electron chi connectivity index (χ0n) is 46.3. The minimum absolute atomic E-state index is 0.0184. The number of aliphatic hydroxyl groups excluding tert-OH is 9. The van der Waals surface area contributed by atoms with Crippen molar-refractivity contribution in [2.75, 3.05) is 13.2 Å². The maximum atomic E-state index is 14.1. The molecule has 0 radical (unpaired) electrons. The summed E-state index contributed by atoms with van der Waals surface area (Å²) in [6.45, 7) is 14.4. The van der Waals surface area contributed by atoms with Gasteiger partial charge < -0.3 is 88.6 Å². The van der Waals surface area contributed by atoms with Gasteiger partial charge in [-0.15, -0.1) is 0 Å². The molecule has 9 N–H and O–H groups in total. The molecule has 0 aromatic heterocycles. The van der Waals surface area contributed by atoms with Crippen molar-refractivity contribution in [3.63, 3.8) is 0 Å². The lowest BCUT2D eigenvalue weighted by Gasteiger charge is -2.63. The molecule has 0 aromatic carbocycles. The Balaban J connectivity index is 0.959. The maximum absolute atomic E-state index is 14.1. The van der Waals surface area contributed by atoms with E-state index < -0.39 is 128 Å². The number of hydrogen-bond acceptors (Lipinski definition) is 19. The highest BCUT2D eigenvalue weighted by Crippen LogP contribution is 2.72. The van der Waals surface area contributed by atoms with E-state index in [9.17, 15) is 50.8 Å². The van der Waals surface area contributed by atoms with E-state index in [2.05, 4.69) is 34.6 Å². The molecule has 0 unspecified atom stereocenters. The highest BCUT2D eigenvalue weighted by Gasteiger charge is 2.71. The molecule has 9 rings (SSSR count). The van der Waals surface area contributed by atoms with Gasteiger partial charge in [0.15, 0.2) is 24.7 Å². The van der Waals surface area contributed by atoms with Crippen LogP contribution in [0.2, 0.25) is 0 Å². The lowest BCUT2D eigenvalue weighted by Crippen LogP contribution is -2.67. The van der Waals surface area contributed by atoms with Crippen LogP contribution in [0.15, 0.2) is 0 Å². The predicted octanol–water partition coefficient (Wildman–Crippen LogP) is 3.74. The largest absolute Gasteiger partial charge is 0.462 e. The number of unbranched alkanes of at least 4 members (excludes halogenated alkanes) is 8. The fourth-order valence-corrected chi connectivity index (χ4v) is 16.6. The van der Waals surface area contributed by atoms with E-state index in [0.29, 0.717) is 43.6 Å². The van der Waals surface area contributed by atoms with Crippen LogP contribution in [0, 0.1) is 52.3 Å². The Morgan fingerprint density at radius 3 is 1.83 bits per heavy atom. The van der Waals surface area contributed by atoms with Crippen molar-refractivity contribution in [2.24, 2.45) is 52.3 Å². The van der Waals surface area contributed by atoms with Gasteiger partial charge in [0, 0.05) is 24.7 Å². The number of aliphatic hydroxyl groups is 9. The van der Waals surface area contributed by atoms with E-state index in [4.69, 9.17) is 42.6 Å². The molecule has 76 heavy (non-hydrogen) atoms. The molecular formula is C57H96O19. The highest BCUT2D eigenvalue weighted by atomic mass is 16.8. The van der Waals surface area contributed by atoms with Gasteiger partial charge in [0.2, 0.25) is 0 Å². The molecule has 5 saturated heterocycles. The van der Waals surface area contributed by atoms with E-state index >= 15 is 0 Å². The van der Waals surface area contributed by atoms with Crippen molar-refractivity contribution in [1.82, 2.24) is 0 Å². The van der Waals surface area contributed by atoms with Crippen LogP contribution >= 0.6 is 0 Å². The molecular weight excluding hydrogens is 989 g/mol. The van der Waals surface area contributed by atoms with Crippen molar-refractivity contribution >= 4 is 5.97 Å². The van der Waals surface area contributed by atoms with Crippen LogP contribution in [0.25, 0.3) is 0 Å². The normalized spacial score (nSPS) is 52.2. The van der Waals surface area contributed by atoms with Crippen LogP contribution in [0.5, 0.6) is 0 Å². The zero-order valence-corrected chi connectivity index (χ0v) is 46.3. The Hall–Kier alpha value is -1.21. The zero-order chi connectivity index (χ0) is 54.6. The summed E-state index contributed by atoms with van der Waals surface area (Å²) in [5.41, 5.74) is -0.506. The third-order valence-corrected chi connectivity index (χ3v) is 21.0. The Morgan fingerprint density at radius 1 is 0.605 bits per heavy atom. The minimum Gasteiger partial charge on any atom is -0.462 e. The molecule has 9 aliphatic rings. The van der Waals surface area contributed by atoms with E-state index in [1.807, 2.05) is 0 Å². The average Bonchev–Trinajstić information content (AvgIpc) is 3.96. The van der Waals surface area contributed by atoms with Crippen LogP contribution < -0.4 is 0 Å². The van der Waals surface area contributed by atoms with Crippen LogP contribution in [0.4, 0.5) is 0 Å². The molecule has 4 saturated carbocycles. The summed E-state index contributed by atoms with van der Waals surface area (Å²) in [5.74, 6) is 0.721. The van der Waals surface area contributed by atoms with Crippen molar-refractivity contribution in [1.29, 1.82) is 0 Å². The average molecular weight is 1090 g/mol. The molecule has 438 valence electrons. The Kier molecular flexibility index (Phi) is 19.0. The van der Waals surface area contributed by atoms with E-state index in [0.717, 1.165) is 57.8 Å². The Labute approximate surface area is 449 Å². The first kappa shape index (κ1) is 59.4. The van der Waals surface area contributed by atoms with Gasteiger partial charge in [-0.25, -0.2) is 0 Å². The Morgan fingerprint density at radius 2 is 1.22 bits per heavy atom. The minimum atomic E-state index is -1.81. The SMILES string of the molecule is CCCCCCCCCCCC(=O)O[C@H]1C[C@@H]2[C@H](CC[C@]3(C)[C@@H]4[C@H](C[C@@H]23)O[C@]2(CC[C@@H](C)CO2)[C@H]4C)[C@@]2(C)C[C@@H](O)[C@H](O[C@@H]3O[C@H](CO)[C@@H](O[C@H]4O[C@H](C)[C@@H](O)[C@H](O)[C@@H]4O)[C@H](O)[C@H]3O[C@H]3O[C@H](C)[C@@H](O)[C@H](O)[C@@H]3O)C[C@H]12. The fraction of sp³-hybridized carbons (Fsp3) is 0.982. The number of fused-ring (bicyclic) bond motifs is 7. The highest BCUT2D eigenvalue weighted by molar-refractivity contribution is 5.69. The van der Waals surface area contributed by atoms with Crippen molar-refractivity contribution < 1.29 is 93.4 Å². The standard InChI is InChI=1S/C57H96O19/c1-8-9-10-11-12-13-14-15-16-17-41(60)71-37-22-32-33(19-20-55(6)34(32)23-39-42(55)29(3)57(76-39)21-18-28(2)27-68-57)56(7)25-36(59)38(24-35(37)56)72-54-51(75-53-48(66)46(64)44(62)31(5)70-53)49(67)50(40(26-58)73-54)74-52-47(65)45(63)43(61)30(4)69-52/h28-40,42-54,58-59,61-67H,8-27H2,1-7H3/t28-,29+,30-,31-,32-,33+,34+,35-,36-,37+,38-,39+,40-,42+,43-,44-,45+,46+,47+,48+,49+,50-,51-,52-,53-,54-,55+,56-,57-/m1/s1. The molecule has 9 fully saturated rings. The molecule has 5 heterocycles. The van der Waals surface area contributed by atoms with Gasteiger partial charge in [-0.2, -0.15) is 0 Å². The molecule has 19 heteroatoms. The maximum Gasteiger partial charge on any atom is 0.306 e. The first-order valence-corrected chi connectivity index (χ1v) is 29.7. The number of hydrogen-bond donors (Lipinski definition) is 9. The lowest BCUT2D eigenvalue weighted by molar-refractivity contribution is -0.392. The molecule has 29 atom stereocenters. The third-order valence-electron chi connectivity index (χ3n) is 21.0. The number of ether oxygens (including phenoxy) is 9. The second-order valence-electron chi connectivity index (χ2n) is 25.8. The lowest BCUT2D eigenvalue weighted by atomic mass is 9.43. The summed E-state index contributed by atoms with van der Waals surface area (Å²) in [5, 5.41) is 99.8. The topological polar surface area (TPSA) is 282 Å². The summed E-state index contributed by atoms with van der Waals surface area (Å²) in [6, 6.07) is 0. The van der Waals surface area contributed by atoms with Gasteiger partial charge in [0.1, 0.15) is 67.1 Å². The molecule has 1 spiro atoms. The second-order valence-corrected chi connectivity index (χ2v) is 25.8. The van der Waals surface area contributed by atoms with Gasteiger partial charge in [-0.3, -0.25) is 4.79 Å². The summed E-state index contributed by atoms with van der Waals surface area (Å²) >= 11 is 0. The molecule has 4 aliphatic carbocycles. The van der Waals surface area contributed by atoms with Crippen LogP contribution in [-0.4, -0.2) is 187 Å². The predicted molar refractivity (Wildman–Crippen MR) is 271 cm³/mol. The van der Waals surface area contributed by atoms with Gasteiger partial charge in [-0.1, -0.05) is 86.0 Å². The second kappa shape index (κ2) is 24.3. The number of carbonyl (C=O) groups is 1. The van der Waals surface area contributed by atoms with E-state index in [-0.39, 0.29) is 47.6 Å². The Bertz CT molecular complexity index is 1890. The van der Waals surface area contributed by atoms with Crippen molar-refractivity contribution in [2.45, 2.75) is 286 Å². The number of rotatable bonds is 18. The van der Waals surface area contributed by atoms with E-state index in [1.54, 1.807) is 0 Å². The molecule has 5 aliphatic heterocycles. The fourth-order valence-electron chi connectivity index (χ4n) is 16.6. The summed E-state index contributed by atoms with van der Waals surface area (Å²) in [7, 11) is 0. The van der Waals surface area contributed by atoms with Gasteiger partial charge >= 0.3 is 5.97 Å². The smallest absolute Gasteiger partial charge is 0.306 e. The van der Waals surface area contributed by atoms with Gasteiger partial charge in [0.05, 0.1) is 43.7 Å². The molecule has 0 aromatic rings. The van der Waals surface area contributed by atoms with E-state index in [1.165, 1.54) is 46.0 Å². The number of esters is 1. The van der Waals surface area contributed by atoms with Crippen LogP contribution in [0.1, 0.15) is 164 Å². The van der Waals surface area contributed by atoms with Gasteiger partial charge in [0.25, 0.3) is 0 Å². The first-order valence-electron chi connectivity index (χ1n) is 29.7. The first-order chi connectivity index (χ1) is 36.2. The van der Waals surface area contributed by atoms with Crippen LogP contribution in [0.3, 0.4) is 0 Å². The molecule has 19 nitrogen and oxygen atoms in total. The van der Waals surface area contributed by atoms with Crippen LogP contribution in [-0.2, 0) is 47.4 Å². The monoisotopic (exact) mass is 1080 g/mol. The molecule has 0 amide bonds. The summed E-state index contributed by atoms with van der Waals surface area (Å²) < 4.78 is 57.3. The van der Waals surface area contributed by atoms with Crippen molar-refractivity contribution in [3.05, 3.63) is 0 Å². The number of carbonyl (C=O) groups excluding carboxylic acids is 1. The third kappa shape index (κ3) is 11.4. The van der Waals surface area contributed by atoms with Crippen molar-refractivity contribution in [3.8, 4) is 0 Å². The van der Waals surface area contributed by atoms with Gasteiger partial charge in [-0.05, 0) is 106 Å². The summed E-state index contributed by atoms with van der Waals surface area (Å²) in [4.78, 5) is 14.1. The summed E-state index contributed by atoms with van der Waals surface area (Å²) in [6.07, 6.45) is -9.26.